The number of carbonyl (C=O) groups is 4. The first-order valence-electron chi connectivity index (χ1n) is 11.8. The molecule has 1 heterocycles. The molecule has 3 aromatic carbocycles. The van der Waals surface area contributed by atoms with E-state index in [9.17, 15) is 24.3 Å². The van der Waals surface area contributed by atoms with Gasteiger partial charge >= 0.3 is 11.9 Å². The maximum Gasteiger partial charge on any atom is 0.336 e. The number of nitrogens with zero attached hydrogens (tertiary/aromatic N) is 1. The molecule has 210 valence electrons. The van der Waals surface area contributed by atoms with Gasteiger partial charge in [0.25, 0.3) is 5.91 Å². The van der Waals surface area contributed by atoms with Crippen molar-refractivity contribution >= 4 is 57.7 Å². The van der Waals surface area contributed by atoms with E-state index in [4.69, 9.17) is 14.6 Å². The zero-order chi connectivity index (χ0) is 29.5. The number of carboxylic acid groups (broad SMARTS) is 2. The lowest BCUT2D eigenvalue weighted by Crippen LogP contribution is -2.17. The molecule has 2 amide bonds. The largest absolute Gasteiger partial charge is 0.493 e. The van der Waals surface area contributed by atoms with Crippen molar-refractivity contribution in [2.24, 2.45) is 0 Å². The predicted octanol–water partition coefficient (Wildman–Crippen LogP) is 5.21. The third-order valence-corrected chi connectivity index (χ3v) is 7.38. The Kier molecular flexibility index (Phi) is 9.22. The predicted molar refractivity (Wildman–Crippen MR) is 155 cm³/mol. The van der Waals surface area contributed by atoms with Crippen LogP contribution in [0.4, 0.5) is 10.8 Å². The highest BCUT2D eigenvalue weighted by molar-refractivity contribution is 8.00. The van der Waals surface area contributed by atoms with Gasteiger partial charge in [0, 0.05) is 21.5 Å². The summed E-state index contributed by atoms with van der Waals surface area (Å²) in [7, 11) is 3.10. The first-order valence-corrected chi connectivity index (χ1v) is 13.7. The molecular formula is C28H23N3O8S2. The first-order chi connectivity index (χ1) is 19.7. The summed E-state index contributed by atoms with van der Waals surface area (Å²) in [5, 5.41) is 26.2. The Morgan fingerprint density at radius 3 is 2.37 bits per heavy atom. The number of rotatable bonds is 11. The molecule has 4 aromatic rings. The number of thiazole rings is 1. The molecule has 0 aliphatic heterocycles. The van der Waals surface area contributed by atoms with Crippen molar-refractivity contribution in [1.29, 1.82) is 0 Å². The van der Waals surface area contributed by atoms with Crippen LogP contribution >= 0.6 is 23.1 Å². The van der Waals surface area contributed by atoms with Gasteiger partial charge in [0.2, 0.25) is 5.91 Å². The molecule has 0 aliphatic rings. The molecule has 0 radical (unpaired) electrons. The van der Waals surface area contributed by atoms with E-state index in [1.165, 1.54) is 23.1 Å². The fourth-order valence-corrected chi connectivity index (χ4v) is 5.17. The van der Waals surface area contributed by atoms with E-state index >= 15 is 0 Å². The lowest BCUT2D eigenvalue weighted by atomic mass is 10.0. The summed E-state index contributed by atoms with van der Waals surface area (Å²) in [5.41, 5.74) is 0.993. The minimum Gasteiger partial charge on any atom is -0.493 e. The van der Waals surface area contributed by atoms with Gasteiger partial charge in [0.15, 0.2) is 16.6 Å². The molecule has 0 aliphatic carbocycles. The Balaban J connectivity index is 1.36. The molecule has 0 bridgehead atoms. The zero-order valence-electron chi connectivity index (χ0n) is 21.7. The Morgan fingerprint density at radius 1 is 0.878 bits per heavy atom. The maximum absolute atomic E-state index is 12.8. The topological polar surface area (TPSA) is 164 Å². The van der Waals surface area contributed by atoms with Crippen LogP contribution in [0.1, 0.15) is 31.1 Å². The minimum atomic E-state index is -1.43. The van der Waals surface area contributed by atoms with Crippen LogP contribution in [0.5, 0.6) is 11.5 Å². The van der Waals surface area contributed by atoms with Crippen molar-refractivity contribution in [3.05, 3.63) is 82.7 Å². The summed E-state index contributed by atoms with van der Waals surface area (Å²) >= 11 is 2.52. The zero-order valence-corrected chi connectivity index (χ0v) is 23.3. The van der Waals surface area contributed by atoms with Gasteiger partial charge in [-0.3, -0.25) is 9.59 Å². The van der Waals surface area contributed by atoms with Crippen LogP contribution in [-0.4, -0.2) is 58.9 Å². The van der Waals surface area contributed by atoms with Gasteiger partial charge < -0.3 is 30.3 Å². The highest BCUT2D eigenvalue weighted by Gasteiger charge is 2.19. The number of ether oxygens (including phenoxy) is 2. The number of carboxylic acids is 2. The average Bonchev–Trinajstić information content (AvgIpc) is 3.43. The Labute approximate surface area is 242 Å². The van der Waals surface area contributed by atoms with Crippen LogP contribution in [0, 0.1) is 0 Å². The monoisotopic (exact) mass is 593 g/mol. The smallest absolute Gasteiger partial charge is 0.336 e. The van der Waals surface area contributed by atoms with Crippen LogP contribution < -0.4 is 20.1 Å². The van der Waals surface area contributed by atoms with Gasteiger partial charge in [0.05, 0.1) is 42.4 Å². The average molecular weight is 594 g/mol. The van der Waals surface area contributed by atoms with Gasteiger partial charge in [-0.15, -0.1) is 23.1 Å². The first kappa shape index (κ1) is 29.1. The molecule has 0 fully saturated rings. The van der Waals surface area contributed by atoms with Crippen molar-refractivity contribution in [1.82, 2.24) is 4.98 Å². The molecule has 0 spiro atoms. The number of aromatic carboxylic acids is 2. The lowest BCUT2D eigenvalue weighted by Gasteiger charge is -2.10. The number of nitrogens with one attached hydrogen (secondary N) is 2. The molecule has 11 nitrogen and oxygen atoms in total. The summed E-state index contributed by atoms with van der Waals surface area (Å²) in [6.45, 7) is 0. The number of aromatic nitrogens is 1. The molecule has 0 saturated heterocycles. The fraction of sp³-hybridized carbons (Fsp3) is 0.107. The number of benzene rings is 3. The number of hydrogen-bond acceptors (Lipinski definition) is 9. The third kappa shape index (κ3) is 7.21. The second kappa shape index (κ2) is 13.0. The van der Waals surface area contributed by atoms with Crippen LogP contribution in [0.15, 0.2) is 70.9 Å². The third-order valence-electron chi connectivity index (χ3n) is 5.63. The number of carbonyl (C=O) groups excluding carboxylic acids is 2. The normalized spacial score (nSPS) is 10.5. The van der Waals surface area contributed by atoms with Crippen LogP contribution in [-0.2, 0) is 4.79 Å². The van der Waals surface area contributed by atoms with Crippen LogP contribution in [0.25, 0.3) is 11.3 Å². The van der Waals surface area contributed by atoms with E-state index in [2.05, 4.69) is 15.6 Å². The molecular weight excluding hydrogens is 570 g/mol. The molecule has 0 saturated carbocycles. The highest BCUT2D eigenvalue weighted by atomic mass is 32.2. The quantitative estimate of drug-likeness (QED) is 0.170. The highest BCUT2D eigenvalue weighted by Crippen LogP contribution is 2.33. The molecule has 13 heteroatoms. The molecule has 0 unspecified atom stereocenters. The van der Waals surface area contributed by atoms with E-state index < -0.39 is 23.4 Å². The molecule has 4 rings (SSSR count). The second-order valence-electron chi connectivity index (χ2n) is 8.30. The van der Waals surface area contributed by atoms with E-state index in [1.807, 2.05) is 11.4 Å². The Morgan fingerprint density at radius 2 is 1.66 bits per heavy atom. The Hall–Kier alpha value is -4.88. The second-order valence-corrected chi connectivity index (χ2v) is 10.2. The van der Waals surface area contributed by atoms with E-state index in [0.29, 0.717) is 32.9 Å². The summed E-state index contributed by atoms with van der Waals surface area (Å²) < 4.78 is 10.6. The van der Waals surface area contributed by atoms with Gasteiger partial charge in [0.1, 0.15) is 0 Å². The van der Waals surface area contributed by atoms with E-state index in [-0.39, 0.29) is 22.8 Å². The van der Waals surface area contributed by atoms with E-state index in [0.717, 1.165) is 23.8 Å². The fourth-order valence-electron chi connectivity index (χ4n) is 3.68. The molecule has 0 atom stereocenters. The van der Waals surface area contributed by atoms with Crippen molar-refractivity contribution in [3.8, 4) is 22.8 Å². The van der Waals surface area contributed by atoms with Crippen molar-refractivity contribution in [2.75, 3.05) is 30.6 Å². The van der Waals surface area contributed by atoms with Gasteiger partial charge in [-0.2, -0.15) is 0 Å². The maximum atomic E-state index is 12.8. The molecule has 4 N–H and O–H groups in total. The number of thioether (sulfide) groups is 1. The summed E-state index contributed by atoms with van der Waals surface area (Å²) in [5.74, 6) is -2.49. The number of amides is 2. The van der Waals surface area contributed by atoms with Crippen molar-refractivity contribution in [2.45, 2.75) is 4.90 Å². The molecule has 1 aromatic heterocycles. The van der Waals surface area contributed by atoms with Crippen molar-refractivity contribution in [3.63, 3.8) is 0 Å². The minimum absolute atomic E-state index is 0.0719. The van der Waals surface area contributed by atoms with Crippen LogP contribution in [0.2, 0.25) is 0 Å². The van der Waals surface area contributed by atoms with Gasteiger partial charge in [-0.05, 0) is 54.6 Å². The van der Waals surface area contributed by atoms with Crippen molar-refractivity contribution < 1.29 is 38.9 Å². The standard InChI is InChI=1S/C28H23N3O8S2/c1-38-22-9-7-15(11-23(22)39-2)21-13-41-28(30-21)31-24(32)14-40-18-5-3-4-17(12-18)29-25(33)19-8-6-16(26(34)35)10-20(19)27(36)37/h3-13H,14H2,1-2H3,(H,29,33)(H,34,35)(H,36,37)(H,30,31,32). The molecule has 41 heavy (non-hydrogen) atoms. The number of anilines is 2. The van der Waals surface area contributed by atoms with E-state index in [1.54, 1.807) is 50.6 Å². The summed E-state index contributed by atoms with van der Waals surface area (Å²) in [6, 6.07) is 15.4. The van der Waals surface area contributed by atoms with Gasteiger partial charge in [-0.25, -0.2) is 14.6 Å². The van der Waals surface area contributed by atoms with Gasteiger partial charge in [-0.1, -0.05) is 6.07 Å². The number of hydrogen-bond donors (Lipinski definition) is 4. The number of methoxy groups -OCH3 is 2. The lowest BCUT2D eigenvalue weighted by molar-refractivity contribution is -0.113. The SMILES string of the molecule is COc1ccc(-c2csc(NC(=O)CSc3cccc(NC(=O)c4ccc(C(=O)O)cc4C(=O)O)c3)n2)cc1OC. The summed E-state index contributed by atoms with van der Waals surface area (Å²) in [6.07, 6.45) is 0. The Bertz CT molecular complexity index is 1640. The van der Waals surface area contributed by atoms with Crippen LogP contribution in [0.3, 0.4) is 0 Å². The summed E-state index contributed by atoms with van der Waals surface area (Å²) in [4.78, 5) is 53.2.